The second-order valence-corrected chi connectivity index (χ2v) is 14.9. The van der Waals surface area contributed by atoms with Gasteiger partial charge >= 0.3 is 11.9 Å². The molecular weight excluding hydrogens is 639 g/mol. The number of unbranched alkanes of at least 4 members (excludes halogenated alkanes) is 22. The van der Waals surface area contributed by atoms with E-state index in [0.29, 0.717) is 18.1 Å². The highest BCUT2D eigenvalue weighted by molar-refractivity contribution is 7.99. The van der Waals surface area contributed by atoms with E-state index < -0.39 is 30.6 Å². The van der Waals surface area contributed by atoms with Crippen molar-refractivity contribution < 1.29 is 29.0 Å². The van der Waals surface area contributed by atoms with E-state index in [2.05, 4.69) is 28.8 Å². The number of carbonyl (C=O) groups is 3. The maximum atomic E-state index is 12.7. The number of aliphatic hydroxyl groups is 1. The molecular formula is C39H77N3O6S. The predicted octanol–water partition coefficient (Wildman–Crippen LogP) is 7.94. The number of ether oxygens (including phenoxy) is 2. The zero-order valence-electron chi connectivity index (χ0n) is 32.0. The molecule has 0 radical (unpaired) electrons. The molecule has 9 nitrogen and oxygen atoms in total. The third-order valence-electron chi connectivity index (χ3n) is 9.12. The van der Waals surface area contributed by atoms with Crippen LogP contribution in [0.15, 0.2) is 0 Å². The Labute approximate surface area is 305 Å². The number of amides is 1. The van der Waals surface area contributed by atoms with E-state index in [-0.39, 0.29) is 12.6 Å². The fourth-order valence-electron chi connectivity index (χ4n) is 5.95. The van der Waals surface area contributed by atoms with Crippen molar-refractivity contribution in [3.8, 4) is 0 Å². The summed E-state index contributed by atoms with van der Waals surface area (Å²) < 4.78 is 10.1. The van der Waals surface area contributed by atoms with E-state index >= 15 is 0 Å². The van der Waals surface area contributed by atoms with Gasteiger partial charge in [-0.2, -0.15) is 11.8 Å². The van der Waals surface area contributed by atoms with Crippen molar-refractivity contribution in [1.82, 2.24) is 10.2 Å². The van der Waals surface area contributed by atoms with Crippen molar-refractivity contribution in [3.63, 3.8) is 0 Å². The van der Waals surface area contributed by atoms with E-state index in [1.807, 2.05) is 0 Å². The van der Waals surface area contributed by atoms with E-state index in [9.17, 15) is 19.5 Å². The topological polar surface area (TPSA) is 131 Å². The van der Waals surface area contributed by atoms with E-state index in [4.69, 9.17) is 10.5 Å². The van der Waals surface area contributed by atoms with Crippen LogP contribution in [0.3, 0.4) is 0 Å². The highest BCUT2D eigenvalue weighted by Crippen LogP contribution is 2.14. The number of rotatable bonds is 37. The average molecular weight is 716 g/mol. The third-order valence-corrected chi connectivity index (χ3v) is 10.2. The predicted molar refractivity (Wildman–Crippen MR) is 206 cm³/mol. The number of aliphatic hydroxyl groups excluding tert-OH is 1. The lowest BCUT2D eigenvalue weighted by Crippen LogP contribution is -2.51. The van der Waals surface area contributed by atoms with Crippen LogP contribution < -0.4 is 11.1 Å². The van der Waals surface area contributed by atoms with Gasteiger partial charge in [0.25, 0.3) is 0 Å². The summed E-state index contributed by atoms with van der Waals surface area (Å²) in [6.07, 6.45) is 31.7. The molecule has 0 saturated heterocycles. The van der Waals surface area contributed by atoms with Crippen LogP contribution in [0.4, 0.5) is 0 Å². The van der Waals surface area contributed by atoms with Gasteiger partial charge in [-0.25, -0.2) is 4.79 Å². The van der Waals surface area contributed by atoms with Crippen molar-refractivity contribution in [2.75, 3.05) is 51.5 Å². The van der Waals surface area contributed by atoms with E-state index in [1.54, 1.807) is 0 Å². The quantitative estimate of drug-likeness (QED) is 0.0433. The number of hydrogen-bond acceptors (Lipinski definition) is 9. The first-order valence-corrected chi connectivity index (χ1v) is 21.2. The van der Waals surface area contributed by atoms with Crippen LogP contribution >= 0.6 is 11.8 Å². The van der Waals surface area contributed by atoms with Crippen molar-refractivity contribution in [1.29, 1.82) is 0 Å². The molecule has 0 aromatic carbocycles. The van der Waals surface area contributed by atoms with Gasteiger partial charge in [-0.3, -0.25) is 14.5 Å². The van der Waals surface area contributed by atoms with Crippen molar-refractivity contribution in [2.45, 2.75) is 180 Å². The molecule has 1 unspecified atom stereocenters. The number of nitrogens with two attached hydrogens (primary N) is 1. The number of nitrogens with one attached hydrogen (secondary N) is 1. The Hall–Kier alpha value is -1.36. The number of nitrogens with zero attached hydrogens (tertiary/aromatic N) is 1. The minimum absolute atomic E-state index is 0.204. The average Bonchev–Trinajstić information content (AvgIpc) is 3.10. The Morgan fingerprint density at radius 2 is 1.10 bits per heavy atom. The number of hydrogen-bond donors (Lipinski definition) is 3. The normalized spacial score (nSPS) is 12.6. The molecule has 0 saturated carbocycles. The molecule has 0 heterocycles. The van der Waals surface area contributed by atoms with Gasteiger partial charge in [0.05, 0.1) is 26.3 Å². The molecule has 10 heteroatoms. The summed E-state index contributed by atoms with van der Waals surface area (Å²) in [6.45, 7) is 6.41. The van der Waals surface area contributed by atoms with Gasteiger partial charge < -0.3 is 25.6 Å². The number of carbonyl (C=O) groups excluding carboxylic acids is 3. The van der Waals surface area contributed by atoms with Crippen LogP contribution in [-0.4, -0.2) is 91.4 Å². The monoisotopic (exact) mass is 716 g/mol. The van der Waals surface area contributed by atoms with E-state index in [1.165, 1.54) is 160 Å². The van der Waals surface area contributed by atoms with Crippen LogP contribution in [0, 0.1) is 0 Å². The second kappa shape index (κ2) is 36.4. The molecule has 0 aliphatic rings. The van der Waals surface area contributed by atoms with Gasteiger partial charge in [0.1, 0.15) is 6.61 Å². The van der Waals surface area contributed by atoms with Gasteiger partial charge in [0.2, 0.25) is 5.91 Å². The fourth-order valence-corrected chi connectivity index (χ4v) is 6.72. The summed E-state index contributed by atoms with van der Waals surface area (Å²) >= 11 is 1.40. The molecule has 0 aromatic rings. The minimum Gasteiger partial charge on any atom is -0.467 e. The Bertz CT molecular complexity index is 747. The Morgan fingerprint density at radius 1 is 0.694 bits per heavy atom. The molecule has 1 amide bonds. The maximum absolute atomic E-state index is 12.7. The summed E-state index contributed by atoms with van der Waals surface area (Å²) in [6, 6.07) is -2.00. The molecule has 4 N–H and O–H groups in total. The van der Waals surface area contributed by atoms with Crippen molar-refractivity contribution in [2.24, 2.45) is 5.73 Å². The smallest absolute Gasteiger partial charge is 0.330 e. The summed E-state index contributed by atoms with van der Waals surface area (Å²) in [7, 11) is 1.19. The summed E-state index contributed by atoms with van der Waals surface area (Å²) in [5, 5.41) is 11.7. The lowest BCUT2D eigenvalue weighted by molar-refractivity contribution is -0.146. The first-order chi connectivity index (χ1) is 23.9. The molecule has 0 aromatic heterocycles. The van der Waals surface area contributed by atoms with Crippen LogP contribution in [0.25, 0.3) is 0 Å². The highest BCUT2D eigenvalue weighted by atomic mass is 32.2. The number of esters is 2. The maximum Gasteiger partial charge on any atom is 0.330 e. The molecule has 0 bridgehead atoms. The van der Waals surface area contributed by atoms with Crippen LogP contribution in [0.2, 0.25) is 0 Å². The fraction of sp³-hybridized carbons (Fsp3) is 0.923. The van der Waals surface area contributed by atoms with Crippen LogP contribution in [0.5, 0.6) is 0 Å². The number of thioether (sulfide) groups is 1. The molecule has 49 heavy (non-hydrogen) atoms. The molecule has 0 aliphatic carbocycles. The highest BCUT2D eigenvalue weighted by Gasteiger charge is 2.23. The zero-order chi connectivity index (χ0) is 36.2. The summed E-state index contributed by atoms with van der Waals surface area (Å²) in [5.74, 6) is -0.656. The Morgan fingerprint density at radius 3 is 1.49 bits per heavy atom. The van der Waals surface area contributed by atoms with Crippen molar-refractivity contribution >= 4 is 29.6 Å². The lowest BCUT2D eigenvalue weighted by atomic mass is 10.0. The van der Waals surface area contributed by atoms with Crippen LogP contribution in [-0.2, 0) is 23.9 Å². The Kier molecular flexibility index (Phi) is 35.4. The first kappa shape index (κ1) is 47.6. The van der Waals surface area contributed by atoms with Crippen molar-refractivity contribution in [3.05, 3.63) is 0 Å². The molecule has 0 spiro atoms. The summed E-state index contributed by atoms with van der Waals surface area (Å²) in [4.78, 5) is 38.8. The largest absolute Gasteiger partial charge is 0.467 e. The Balaban J connectivity index is 4.34. The SMILES string of the molecule is CCCCCCCCCCCCCCN(CCCCCCCCCCCCCC)CC(=O)OCCSC[C@H](N)C(=O)NC(CO)C(=O)OC. The van der Waals surface area contributed by atoms with Gasteiger partial charge in [0.15, 0.2) is 6.04 Å². The number of methoxy groups -OCH3 is 1. The molecule has 0 aliphatic heterocycles. The molecule has 290 valence electrons. The second-order valence-electron chi connectivity index (χ2n) is 13.7. The lowest BCUT2D eigenvalue weighted by Gasteiger charge is -2.21. The van der Waals surface area contributed by atoms with Gasteiger partial charge in [-0.15, -0.1) is 0 Å². The standard InChI is InChI=1S/C39H77N3O6S/c1-4-6-8-10-12-14-16-18-20-22-24-26-28-42(29-27-25-23-21-19-17-15-13-11-9-7-5-2)32-37(44)48-30-31-49-34-35(40)38(45)41-36(33-43)39(46)47-3/h35-36,43H,4-34,40H2,1-3H3,(H,41,45)/t35-,36?/m0/s1. The van der Waals surface area contributed by atoms with Gasteiger partial charge in [0, 0.05) is 11.5 Å². The zero-order valence-corrected chi connectivity index (χ0v) is 32.8. The minimum atomic E-state index is -1.14. The van der Waals surface area contributed by atoms with E-state index in [0.717, 1.165) is 25.9 Å². The molecule has 0 rings (SSSR count). The molecule has 2 atom stereocenters. The third kappa shape index (κ3) is 31.1. The van der Waals surface area contributed by atoms with Gasteiger partial charge in [-0.05, 0) is 25.9 Å². The van der Waals surface area contributed by atoms with Gasteiger partial charge in [-0.1, -0.05) is 155 Å². The first-order valence-electron chi connectivity index (χ1n) is 20.1. The summed E-state index contributed by atoms with van der Waals surface area (Å²) in [5.41, 5.74) is 5.93. The molecule has 0 fully saturated rings. The van der Waals surface area contributed by atoms with Crippen LogP contribution in [0.1, 0.15) is 168 Å².